The van der Waals surface area contributed by atoms with Gasteiger partial charge in [0, 0.05) is 13.1 Å². The van der Waals surface area contributed by atoms with Crippen LogP contribution in [0.25, 0.3) is 16.6 Å². The van der Waals surface area contributed by atoms with Crippen LogP contribution in [0.3, 0.4) is 0 Å². The molecule has 1 amide bonds. The van der Waals surface area contributed by atoms with Gasteiger partial charge >= 0.3 is 0 Å². The van der Waals surface area contributed by atoms with Crippen LogP contribution in [0, 0.1) is 13.8 Å². The average Bonchev–Trinajstić information content (AvgIpc) is 3.20. The zero-order valence-corrected chi connectivity index (χ0v) is 17.0. The van der Waals surface area contributed by atoms with Crippen molar-refractivity contribution in [2.75, 3.05) is 18.8 Å². The Morgan fingerprint density at radius 1 is 1.07 bits per heavy atom. The highest BCUT2D eigenvalue weighted by Crippen LogP contribution is 2.23. The highest BCUT2D eigenvalue weighted by atomic mass is 32.2. The Kier molecular flexibility index (Phi) is 5.22. The van der Waals surface area contributed by atoms with Crippen molar-refractivity contribution in [1.82, 2.24) is 14.5 Å². The van der Waals surface area contributed by atoms with Crippen LogP contribution < -0.4 is 5.56 Å². The second-order valence-corrected chi connectivity index (χ2v) is 8.22. The number of hydrogen-bond donors (Lipinski definition) is 0. The largest absolute Gasteiger partial charge is 0.342 e. The summed E-state index contributed by atoms with van der Waals surface area (Å²) in [5.41, 5.74) is 3.51. The molecule has 0 radical (unpaired) electrons. The highest BCUT2D eigenvalue weighted by molar-refractivity contribution is 7.99. The lowest BCUT2D eigenvalue weighted by Crippen LogP contribution is -2.29. The van der Waals surface area contributed by atoms with Gasteiger partial charge in [-0.05, 0) is 62.1 Å². The van der Waals surface area contributed by atoms with E-state index in [0.717, 1.165) is 42.7 Å². The number of aryl methyl sites for hydroxylation is 2. The lowest BCUT2D eigenvalue weighted by molar-refractivity contribution is -0.127. The van der Waals surface area contributed by atoms with Crippen LogP contribution in [0.2, 0.25) is 0 Å². The Morgan fingerprint density at radius 2 is 1.75 bits per heavy atom. The Hall–Kier alpha value is -2.60. The molecule has 1 aromatic heterocycles. The zero-order chi connectivity index (χ0) is 19.7. The monoisotopic (exact) mass is 393 g/mol. The first-order chi connectivity index (χ1) is 13.5. The number of para-hydroxylation sites is 1. The lowest BCUT2D eigenvalue weighted by Gasteiger charge is -2.17. The lowest BCUT2D eigenvalue weighted by atomic mass is 10.1. The molecule has 1 saturated heterocycles. The van der Waals surface area contributed by atoms with Gasteiger partial charge in [-0.2, -0.15) is 0 Å². The quantitative estimate of drug-likeness (QED) is 0.501. The van der Waals surface area contributed by atoms with Crippen molar-refractivity contribution in [3.8, 4) is 5.69 Å². The fourth-order valence-corrected chi connectivity index (χ4v) is 4.62. The van der Waals surface area contributed by atoms with Crippen molar-refractivity contribution in [3.63, 3.8) is 0 Å². The van der Waals surface area contributed by atoms with E-state index in [1.54, 1.807) is 10.6 Å². The van der Waals surface area contributed by atoms with E-state index in [1.165, 1.54) is 11.8 Å². The van der Waals surface area contributed by atoms with Gasteiger partial charge in [0.1, 0.15) is 0 Å². The summed E-state index contributed by atoms with van der Waals surface area (Å²) in [6.07, 6.45) is 2.13. The van der Waals surface area contributed by atoms with Crippen LogP contribution >= 0.6 is 11.8 Å². The first-order valence-corrected chi connectivity index (χ1v) is 10.5. The fraction of sp³-hybridized carbons (Fsp3) is 0.318. The molecule has 0 spiro atoms. The van der Waals surface area contributed by atoms with Gasteiger partial charge in [0.25, 0.3) is 5.56 Å². The number of rotatable bonds is 4. The Bertz CT molecular complexity index is 1080. The fourth-order valence-electron chi connectivity index (χ4n) is 3.70. The molecular weight excluding hydrogens is 370 g/mol. The molecule has 3 aromatic rings. The van der Waals surface area contributed by atoms with Gasteiger partial charge in [0.2, 0.25) is 5.91 Å². The number of amides is 1. The number of benzene rings is 2. The van der Waals surface area contributed by atoms with E-state index < -0.39 is 0 Å². The highest BCUT2D eigenvalue weighted by Gasteiger charge is 2.20. The van der Waals surface area contributed by atoms with E-state index in [2.05, 4.69) is 6.07 Å². The smallest absolute Gasteiger partial charge is 0.266 e. The number of aromatic nitrogens is 2. The maximum absolute atomic E-state index is 13.3. The first-order valence-electron chi connectivity index (χ1n) is 9.54. The molecular formula is C22H23N3O2S. The maximum atomic E-state index is 13.3. The summed E-state index contributed by atoms with van der Waals surface area (Å²) >= 11 is 1.34. The van der Waals surface area contributed by atoms with E-state index in [9.17, 15) is 9.59 Å². The Balaban J connectivity index is 1.79. The standard InChI is InChI=1S/C22H23N3O2S/c1-15-11-16(2)13-17(12-15)25-21(27)18-7-3-4-8-19(18)23-22(25)28-14-20(26)24-9-5-6-10-24/h3-4,7-8,11-13H,5-6,9-10,14H2,1-2H3. The molecule has 0 atom stereocenters. The molecule has 0 aliphatic carbocycles. The molecule has 2 heterocycles. The van der Waals surface area contributed by atoms with Gasteiger partial charge in [0.15, 0.2) is 5.16 Å². The number of carbonyl (C=O) groups is 1. The van der Waals surface area contributed by atoms with Crippen LogP contribution in [-0.4, -0.2) is 39.2 Å². The Morgan fingerprint density at radius 3 is 2.46 bits per heavy atom. The minimum atomic E-state index is -0.105. The molecule has 0 unspecified atom stereocenters. The number of likely N-dealkylation sites (tertiary alicyclic amines) is 1. The van der Waals surface area contributed by atoms with Crippen molar-refractivity contribution in [1.29, 1.82) is 0 Å². The van der Waals surface area contributed by atoms with Gasteiger partial charge in [0.05, 0.1) is 22.3 Å². The normalized spacial score (nSPS) is 14.0. The molecule has 28 heavy (non-hydrogen) atoms. The SMILES string of the molecule is Cc1cc(C)cc(-n2c(SCC(=O)N3CCCC3)nc3ccccc3c2=O)c1. The molecule has 5 nitrogen and oxygen atoms in total. The van der Waals surface area contributed by atoms with E-state index in [4.69, 9.17) is 4.98 Å². The van der Waals surface area contributed by atoms with Gasteiger partial charge < -0.3 is 4.90 Å². The van der Waals surface area contributed by atoms with Crippen LogP contribution in [-0.2, 0) is 4.79 Å². The van der Waals surface area contributed by atoms with Crippen LogP contribution in [0.4, 0.5) is 0 Å². The zero-order valence-electron chi connectivity index (χ0n) is 16.1. The second-order valence-electron chi connectivity index (χ2n) is 7.27. The number of thioether (sulfide) groups is 1. The van der Waals surface area contributed by atoms with Crippen molar-refractivity contribution in [2.45, 2.75) is 31.8 Å². The van der Waals surface area contributed by atoms with Gasteiger partial charge in [-0.15, -0.1) is 0 Å². The van der Waals surface area contributed by atoms with Gasteiger partial charge in [-0.1, -0.05) is 30.0 Å². The molecule has 1 aliphatic heterocycles. The minimum absolute atomic E-state index is 0.105. The van der Waals surface area contributed by atoms with Crippen molar-refractivity contribution in [3.05, 3.63) is 63.9 Å². The molecule has 4 rings (SSSR count). The third-order valence-corrected chi connectivity index (χ3v) is 5.92. The summed E-state index contributed by atoms with van der Waals surface area (Å²) in [5, 5.41) is 1.14. The molecule has 2 aromatic carbocycles. The molecule has 0 N–H and O–H groups in total. The summed E-state index contributed by atoms with van der Waals surface area (Å²) in [6, 6.07) is 13.4. The van der Waals surface area contributed by atoms with Gasteiger partial charge in [-0.25, -0.2) is 4.98 Å². The van der Waals surface area contributed by atoms with Crippen molar-refractivity contribution >= 4 is 28.6 Å². The molecule has 1 aliphatic rings. The summed E-state index contributed by atoms with van der Waals surface area (Å²) in [6.45, 7) is 5.68. The van der Waals surface area contributed by atoms with Crippen molar-refractivity contribution < 1.29 is 4.79 Å². The predicted molar refractivity (Wildman–Crippen MR) is 113 cm³/mol. The van der Waals surface area contributed by atoms with Crippen LogP contribution in [0.15, 0.2) is 52.4 Å². The number of carbonyl (C=O) groups excluding carboxylic acids is 1. The first kappa shape index (κ1) is 18.7. The summed E-state index contributed by atoms with van der Waals surface area (Å²) in [4.78, 5) is 32.4. The number of nitrogens with zero attached hydrogens (tertiary/aromatic N) is 3. The average molecular weight is 394 g/mol. The summed E-state index contributed by atoms with van der Waals surface area (Å²) in [7, 11) is 0. The summed E-state index contributed by atoms with van der Waals surface area (Å²) in [5.74, 6) is 0.396. The van der Waals surface area contributed by atoms with Crippen LogP contribution in [0.1, 0.15) is 24.0 Å². The molecule has 0 saturated carbocycles. The maximum Gasteiger partial charge on any atom is 0.266 e. The van der Waals surface area contributed by atoms with Gasteiger partial charge in [-0.3, -0.25) is 14.2 Å². The molecule has 6 heteroatoms. The van der Waals surface area contributed by atoms with E-state index in [1.807, 2.05) is 49.1 Å². The molecule has 1 fully saturated rings. The number of hydrogen-bond acceptors (Lipinski definition) is 4. The predicted octanol–water partition coefficient (Wildman–Crippen LogP) is 3.72. The number of fused-ring (bicyclic) bond motifs is 1. The topological polar surface area (TPSA) is 55.2 Å². The third-order valence-electron chi connectivity index (χ3n) is 4.99. The Labute approximate surface area is 168 Å². The molecule has 0 bridgehead atoms. The molecule has 144 valence electrons. The third kappa shape index (κ3) is 3.69. The van der Waals surface area contributed by atoms with E-state index >= 15 is 0 Å². The van der Waals surface area contributed by atoms with Crippen LogP contribution in [0.5, 0.6) is 0 Å². The van der Waals surface area contributed by atoms with E-state index in [0.29, 0.717) is 16.1 Å². The van der Waals surface area contributed by atoms with Crippen molar-refractivity contribution in [2.24, 2.45) is 0 Å². The van der Waals surface area contributed by atoms with E-state index in [-0.39, 0.29) is 17.2 Å². The summed E-state index contributed by atoms with van der Waals surface area (Å²) < 4.78 is 1.64. The second kappa shape index (κ2) is 7.80. The minimum Gasteiger partial charge on any atom is -0.342 e.